The van der Waals surface area contributed by atoms with E-state index in [1.807, 2.05) is 13.8 Å². The number of pyridine rings is 1. The van der Waals surface area contributed by atoms with Crippen LogP contribution >= 0.6 is 15.9 Å². The molecule has 0 radical (unpaired) electrons. The second-order valence-electron chi connectivity index (χ2n) is 4.51. The van der Waals surface area contributed by atoms with Crippen LogP contribution < -0.4 is 5.32 Å². The maximum atomic E-state index is 11.1. The minimum absolute atomic E-state index is 0.0605. The molecule has 1 rings (SSSR count). The van der Waals surface area contributed by atoms with E-state index in [2.05, 4.69) is 26.2 Å². The number of nitrogens with one attached hydrogen (secondary N) is 1. The SMILES string of the molecule is CC(C)CC(CO)Nc1ncc(Br)cc1C(=O)O. The molecule has 1 heterocycles. The Morgan fingerprint density at radius 2 is 2.22 bits per heavy atom. The van der Waals surface area contributed by atoms with Gasteiger partial charge in [0.25, 0.3) is 0 Å². The van der Waals surface area contributed by atoms with Crippen LogP contribution in [0.5, 0.6) is 0 Å². The molecule has 1 aromatic heterocycles. The number of nitrogens with zero attached hydrogens (tertiary/aromatic N) is 1. The van der Waals surface area contributed by atoms with E-state index in [-0.39, 0.29) is 24.0 Å². The first kappa shape index (κ1) is 14.9. The summed E-state index contributed by atoms with van der Waals surface area (Å²) in [5.74, 6) is -0.365. The van der Waals surface area contributed by atoms with Gasteiger partial charge in [-0.3, -0.25) is 0 Å². The summed E-state index contributed by atoms with van der Waals surface area (Å²) in [5.41, 5.74) is 0.0894. The second-order valence-corrected chi connectivity index (χ2v) is 5.42. The molecule has 1 aromatic rings. The molecule has 3 N–H and O–H groups in total. The maximum absolute atomic E-state index is 11.1. The largest absolute Gasteiger partial charge is 0.478 e. The fraction of sp³-hybridized carbons (Fsp3) is 0.500. The number of aliphatic hydroxyl groups is 1. The lowest BCUT2D eigenvalue weighted by Crippen LogP contribution is -2.27. The smallest absolute Gasteiger partial charge is 0.339 e. The lowest BCUT2D eigenvalue weighted by Gasteiger charge is -2.19. The summed E-state index contributed by atoms with van der Waals surface area (Å²) in [4.78, 5) is 15.1. The Kier molecular flexibility index (Phi) is 5.55. The zero-order valence-electron chi connectivity index (χ0n) is 10.4. The number of aromatic carboxylic acids is 1. The van der Waals surface area contributed by atoms with E-state index in [9.17, 15) is 9.90 Å². The Hall–Kier alpha value is -1.14. The molecule has 0 fully saturated rings. The first-order valence-corrected chi connectivity index (χ1v) is 6.49. The van der Waals surface area contributed by atoms with Gasteiger partial charge in [0.1, 0.15) is 11.4 Å². The van der Waals surface area contributed by atoms with E-state index in [0.717, 1.165) is 6.42 Å². The van der Waals surface area contributed by atoms with Crippen molar-refractivity contribution in [2.45, 2.75) is 26.3 Å². The molecule has 1 unspecified atom stereocenters. The standard InChI is InChI=1S/C12H17BrN2O3/c1-7(2)3-9(6-16)15-11-10(12(17)18)4-8(13)5-14-11/h4-5,7,9,16H,3,6H2,1-2H3,(H,14,15)(H,17,18). The van der Waals surface area contributed by atoms with Gasteiger partial charge >= 0.3 is 5.97 Å². The monoisotopic (exact) mass is 316 g/mol. The molecule has 0 spiro atoms. The van der Waals surface area contributed by atoms with Crippen molar-refractivity contribution in [3.05, 3.63) is 22.3 Å². The molecule has 100 valence electrons. The fourth-order valence-corrected chi connectivity index (χ4v) is 1.99. The van der Waals surface area contributed by atoms with Gasteiger partial charge in [-0.05, 0) is 34.3 Å². The first-order chi connectivity index (χ1) is 8.43. The zero-order valence-corrected chi connectivity index (χ0v) is 11.9. The molecule has 0 aliphatic rings. The highest BCUT2D eigenvalue weighted by molar-refractivity contribution is 9.10. The quantitative estimate of drug-likeness (QED) is 0.750. The summed E-state index contributed by atoms with van der Waals surface area (Å²) in [7, 11) is 0. The van der Waals surface area contributed by atoms with Crippen molar-refractivity contribution in [1.82, 2.24) is 4.98 Å². The topological polar surface area (TPSA) is 82.5 Å². The summed E-state index contributed by atoms with van der Waals surface area (Å²) in [5, 5.41) is 21.3. The average molecular weight is 317 g/mol. The number of carbonyl (C=O) groups is 1. The highest BCUT2D eigenvalue weighted by Crippen LogP contribution is 2.20. The predicted octanol–water partition coefficient (Wildman–Crippen LogP) is 2.36. The van der Waals surface area contributed by atoms with E-state index in [0.29, 0.717) is 10.4 Å². The number of aromatic nitrogens is 1. The number of halogens is 1. The van der Waals surface area contributed by atoms with Crippen LogP contribution in [0.15, 0.2) is 16.7 Å². The van der Waals surface area contributed by atoms with Crippen LogP contribution in [0.3, 0.4) is 0 Å². The third kappa shape index (κ3) is 4.27. The predicted molar refractivity (Wildman–Crippen MR) is 72.8 cm³/mol. The number of carboxylic acid groups (broad SMARTS) is 1. The highest BCUT2D eigenvalue weighted by Gasteiger charge is 2.16. The number of hydrogen-bond donors (Lipinski definition) is 3. The lowest BCUT2D eigenvalue weighted by molar-refractivity contribution is 0.0697. The molecule has 1 atom stereocenters. The average Bonchev–Trinajstić information content (AvgIpc) is 2.29. The zero-order chi connectivity index (χ0) is 13.7. The molecule has 18 heavy (non-hydrogen) atoms. The van der Waals surface area contributed by atoms with Crippen LogP contribution in [0.25, 0.3) is 0 Å². The van der Waals surface area contributed by atoms with Gasteiger partial charge in [-0.15, -0.1) is 0 Å². The number of aliphatic hydroxyl groups excluding tert-OH is 1. The number of anilines is 1. The Morgan fingerprint density at radius 1 is 1.56 bits per heavy atom. The van der Waals surface area contributed by atoms with E-state index in [4.69, 9.17) is 5.11 Å². The molecular weight excluding hydrogens is 300 g/mol. The van der Waals surface area contributed by atoms with Gasteiger partial charge in [0.05, 0.1) is 12.6 Å². The number of carboxylic acids is 1. The summed E-state index contributed by atoms with van der Waals surface area (Å²) in [6.07, 6.45) is 2.27. The molecular formula is C12H17BrN2O3. The molecule has 0 amide bonds. The third-order valence-electron chi connectivity index (χ3n) is 2.40. The van der Waals surface area contributed by atoms with Crippen LogP contribution in [0, 0.1) is 5.92 Å². The maximum Gasteiger partial charge on any atom is 0.339 e. The highest BCUT2D eigenvalue weighted by atomic mass is 79.9. The van der Waals surface area contributed by atoms with Gasteiger partial charge in [0.15, 0.2) is 0 Å². The summed E-state index contributed by atoms with van der Waals surface area (Å²) < 4.78 is 0.606. The van der Waals surface area contributed by atoms with Crippen molar-refractivity contribution in [3.8, 4) is 0 Å². The van der Waals surface area contributed by atoms with E-state index < -0.39 is 5.97 Å². The van der Waals surface area contributed by atoms with Crippen LogP contribution in [-0.2, 0) is 0 Å². The third-order valence-corrected chi connectivity index (χ3v) is 2.84. The molecule has 5 nitrogen and oxygen atoms in total. The molecule has 0 saturated heterocycles. The molecule has 0 aliphatic carbocycles. The summed E-state index contributed by atoms with van der Waals surface area (Å²) >= 11 is 3.19. The molecule has 0 saturated carbocycles. The minimum atomic E-state index is -1.05. The summed E-state index contributed by atoms with van der Waals surface area (Å²) in [6, 6.07) is 1.29. The Bertz CT molecular complexity index is 424. The van der Waals surface area contributed by atoms with Gasteiger partial charge in [0.2, 0.25) is 0 Å². The van der Waals surface area contributed by atoms with Crippen LogP contribution in [0.1, 0.15) is 30.6 Å². The normalized spacial score (nSPS) is 12.5. The van der Waals surface area contributed by atoms with Crippen LogP contribution in [0.4, 0.5) is 5.82 Å². The van der Waals surface area contributed by atoms with Gasteiger partial charge in [0, 0.05) is 10.7 Å². The minimum Gasteiger partial charge on any atom is -0.478 e. The Morgan fingerprint density at radius 3 is 2.72 bits per heavy atom. The second kappa shape index (κ2) is 6.70. The van der Waals surface area contributed by atoms with Crippen molar-refractivity contribution in [1.29, 1.82) is 0 Å². The van der Waals surface area contributed by atoms with E-state index in [1.165, 1.54) is 12.3 Å². The van der Waals surface area contributed by atoms with Gasteiger partial charge in [-0.25, -0.2) is 9.78 Å². The van der Waals surface area contributed by atoms with Crippen molar-refractivity contribution < 1.29 is 15.0 Å². The van der Waals surface area contributed by atoms with E-state index >= 15 is 0 Å². The molecule has 6 heteroatoms. The van der Waals surface area contributed by atoms with Gasteiger partial charge < -0.3 is 15.5 Å². The van der Waals surface area contributed by atoms with Crippen molar-refractivity contribution in [2.24, 2.45) is 5.92 Å². The molecule has 0 bridgehead atoms. The number of hydrogen-bond acceptors (Lipinski definition) is 4. The molecule has 0 aliphatic heterocycles. The fourth-order valence-electron chi connectivity index (χ4n) is 1.66. The Balaban J connectivity index is 2.91. The lowest BCUT2D eigenvalue weighted by atomic mass is 10.0. The van der Waals surface area contributed by atoms with Gasteiger partial charge in [-0.1, -0.05) is 13.8 Å². The van der Waals surface area contributed by atoms with Crippen molar-refractivity contribution in [3.63, 3.8) is 0 Å². The number of rotatable bonds is 6. The van der Waals surface area contributed by atoms with Crippen molar-refractivity contribution >= 4 is 27.7 Å². The first-order valence-electron chi connectivity index (χ1n) is 5.70. The van der Waals surface area contributed by atoms with Crippen LogP contribution in [0.2, 0.25) is 0 Å². The summed E-state index contributed by atoms with van der Waals surface area (Å²) in [6.45, 7) is 4.02. The van der Waals surface area contributed by atoms with Crippen molar-refractivity contribution in [2.75, 3.05) is 11.9 Å². The van der Waals surface area contributed by atoms with E-state index in [1.54, 1.807) is 0 Å². The molecule has 0 aromatic carbocycles. The van der Waals surface area contributed by atoms with Crippen LogP contribution in [-0.4, -0.2) is 33.8 Å². The van der Waals surface area contributed by atoms with Gasteiger partial charge in [-0.2, -0.15) is 0 Å². The Labute approximate surface area is 114 Å².